The number of fused-ring (bicyclic) bond motifs is 3. The van der Waals surface area contributed by atoms with Crippen LogP contribution in [0.4, 0.5) is 4.39 Å². The highest BCUT2D eigenvalue weighted by molar-refractivity contribution is 7.99. The molecule has 1 aromatic heterocycles. The van der Waals surface area contributed by atoms with Gasteiger partial charge in [0.25, 0.3) is 5.89 Å². The van der Waals surface area contributed by atoms with Gasteiger partial charge in [-0.25, -0.2) is 9.37 Å². The molecule has 3 aliphatic rings. The lowest BCUT2D eigenvalue weighted by atomic mass is 9.84. The number of nitrogens with zero attached hydrogens (tertiary/aromatic N) is 2. The maximum absolute atomic E-state index is 13.2. The first-order valence-electron chi connectivity index (χ1n) is 8.10. The van der Waals surface area contributed by atoms with Crippen molar-refractivity contribution in [2.45, 2.75) is 28.9 Å². The third-order valence-electron chi connectivity index (χ3n) is 4.67. The van der Waals surface area contributed by atoms with Gasteiger partial charge >= 0.3 is 5.91 Å². The van der Waals surface area contributed by atoms with Crippen molar-refractivity contribution >= 4 is 17.7 Å². The molecule has 1 aromatic carbocycles. The summed E-state index contributed by atoms with van der Waals surface area (Å²) in [5.74, 6) is 0.0278. The van der Waals surface area contributed by atoms with E-state index in [0.29, 0.717) is 15.9 Å². The van der Waals surface area contributed by atoms with Crippen molar-refractivity contribution in [2.24, 2.45) is 5.92 Å². The molecule has 3 aliphatic heterocycles. The summed E-state index contributed by atoms with van der Waals surface area (Å²) in [7, 11) is 0. The molecule has 0 spiro atoms. The normalized spacial score (nSPS) is 25.6. The third kappa shape index (κ3) is 3.32. The van der Waals surface area contributed by atoms with Crippen LogP contribution in [0.3, 0.4) is 0 Å². The van der Waals surface area contributed by atoms with Gasteiger partial charge in [0.1, 0.15) is 5.82 Å². The number of piperidine rings is 3. The summed E-state index contributed by atoms with van der Waals surface area (Å²) < 4.78 is 18.7. The van der Waals surface area contributed by atoms with E-state index in [-0.39, 0.29) is 23.7 Å². The molecule has 1 N–H and O–H groups in total. The molecule has 24 heavy (non-hydrogen) atoms. The number of oxazole rings is 1. The first kappa shape index (κ1) is 15.7. The second-order valence-corrected chi connectivity index (χ2v) is 7.34. The number of rotatable bonds is 4. The van der Waals surface area contributed by atoms with E-state index in [1.54, 1.807) is 12.1 Å². The predicted molar refractivity (Wildman–Crippen MR) is 87.4 cm³/mol. The Morgan fingerprint density at radius 2 is 2.21 bits per heavy atom. The second kappa shape index (κ2) is 6.57. The van der Waals surface area contributed by atoms with E-state index in [1.165, 1.54) is 30.1 Å². The smallest absolute Gasteiger partial charge is 0.307 e. The van der Waals surface area contributed by atoms with Crippen molar-refractivity contribution in [3.05, 3.63) is 42.2 Å². The van der Waals surface area contributed by atoms with Crippen molar-refractivity contribution in [2.75, 3.05) is 19.6 Å². The Kier molecular flexibility index (Phi) is 4.28. The molecule has 0 saturated carbocycles. The minimum absolute atomic E-state index is 0.0605. The van der Waals surface area contributed by atoms with E-state index in [1.807, 2.05) is 0 Å². The average Bonchev–Trinajstić information content (AvgIpc) is 3.05. The van der Waals surface area contributed by atoms with E-state index in [4.69, 9.17) is 4.42 Å². The van der Waals surface area contributed by atoms with E-state index in [0.717, 1.165) is 32.5 Å². The molecular formula is C17H18FN3O2S. The highest BCUT2D eigenvalue weighted by atomic mass is 32.2. The maximum Gasteiger partial charge on any atom is 0.307 e. The van der Waals surface area contributed by atoms with Crippen LogP contribution in [-0.2, 0) is 0 Å². The monoisotopic (exact) mass is 347 g/mol. The van der Waals surface area contributed by atoms with Crippen LogP contribution in [0.2, 0.25) is 0 Å². The summed E-state index contributed by atoms with van der Waals surface area (Å²) in [5.41, 5.74) is 0. The zero-order valence-electron chi connectivity index (χ0n) is 13.1. The van der Waals surface area contributed by atoms with Crippen LogP contribution in [0.25, 0.3) is 0 Å². The highest BCUT2D eigenvalue weighted by Gasteiger charge is 2.35. The number of hydrogen-bond donors (Lipinski definition) is 1. The summed E-state index contributed by atoms with van der Waals surface area (Å²) in [6, 6.07) is 6.39. The molecule has 5 nitrogen and oxygen atoms in total. The standard InChI is InChI=1S/C17H18FN3O2S/c18-12-2-1-3-13(8-12)24-15-9-19-17(23-15)16(22)20-14-10-21-6-4-11(14)5-7-21/h1-3,8-9,11,14H,4-7,10H2,(H,20,22). The zero-order valence-corrected chi connectivity index (χ0v) is 13.9. The van der Waals surface area contributed by atoms with E-state index in [2.05, 4.69) is 15.2 Å². The largest absolute Gasteiger partial charge is 0.425 e. The first-order chi connectivity index (χ1) is 11.7. The topological polar surface area (TPSA) is 58.4 Å². The lowest BCUT2D eigenvalue weighted by Gasteiger charge is -2.44. The quantitative estimate of drug-likeness (QED) is 0.922. The molecule has 5 rings (SSSR count). The molecule has 2 bridgehead atoms. The first-order valence-corrected chi connectivity index (χ1v) is 8.91. The maximum atomic E-state index is 13.2. The van der Waals surface area contributed by atoms with Crippen LogP contribution in [0.15, 0.2) is 44.9 Å². The molecule has 1 atom stereocenters. The average molecular weight is 347 g/mol. The summed E-state index contributed by atoms with van der Waals surface area (Å²) >= 11 is 1.24. The lowest BCUT2D eigenvalue weighted by Crippen LogP contribution is -2.57. The minimum atomic E-state index is -0.306. The summed E-state index contributed by atoms with van der Waals surface area (Å²) in [6.07, 6.45) is 3.77. The van der Waals surface area contributed by atoms with Crippen molar-refractivity contribution in [3.8, 4) is 0 Å². The lowest BCUT2D eigenvalue weighted by molar-refractivity contribution is 0.0599. The van der Waals surface area contributed by atoms with Gasteiger partial charge in [-0.05, 0) is 50.0 Å². The van der Waals surface area contributed by atoms with Gasteiger partial charge in [0.15, 0.2) is 5.09 Å². The van der Waals surface area contributed by atoms with Crippen molar-refractivity contribution in [1.29, 1.82) is 0 Å². The number of amides is 1. The molecule has 1 unspecified atom stereocenters. The Balaban J connectivity index is 1.40. The number of aromatic nitrogens is 1. The molecule has 3 saturated heterocycles. The number of carbonyl (C=O) groups excluding carboxylic acids is 1. The molecule has 3 fully saturated rings. The summed E-state index contributed by atoms with van der Waals surface area (Å²) in [4.78, 5) is 19.5. The summed E-state index contributed by atoms with van der Waals surface area (Å²) in [6.45, 7) is 3.16. The van der Waals surface area contributed by atoms with E-state index in [9.17, 15) is 9.18 Å². The number of halogens is 1. The molecule has 2 aromatic rings. The van der Waals surface area contributed by atoms with Gasteiger partial charge in [-0.1, -0.05) is 17.8 Å². The number of carbonyl (C=O) groups is 1. The Bertz CT molecular complexity index is 743. The van der Waals surface area contributed by atoms with Gasteiger partial charge in [0, 0.05) is 17.5 Å². The van der Waals surface area contributed by atoms with Crippen LogP contribution >= 0.6 is 11.8 Å². The Hall–Kier alpha value is -1.86. The summed E-state index contributed by atoms with van der Waals surface area (Å²) in [5, 5.41) is 3.52. The van der Waals surface area contributed by atoms with Gasteiger partial charge in [-0.2, -0.15) is 0 Å². The van der Waals surface area contributed by atoms with Crippen molar-refractivity contribution < 1.29 is 13.6 Å². The number of nitrogens with one attached hydrogen (secondary N) is 1. The number of benzene rings is 1. The molecule has 126 valence electrons. The molecular weight excluding hydrogens is 329 g/mol. The molecule has 1 amide bonds. The van der Waals surface area contributed by atoms with Crippen LogP contribution < -0.4 is 5.32 Å². The third-order valence-corrected chi connectivity index (χ3v) is 5.55. The minimum Gasteiger partial charge on any atom is -0.425 e. The zero-order chi connectivity index (χ0) is 16.5. The Labute approximate surface area is 143 Å². The molecule has 7 heteroatoms. The van der Waals surface area contributed by atoms with E-state index < -0.39 is 0 Å². The van der Waals surface area contributed by atoms with Crippen LogP contribution in [0, 0.1) is 11.7 Å². The Morgan fingerprint density at radius 1 is 1.38 bits per heavy atom. The molecule has 0 aliphatic carbocycles. The van der Waals surface area contributed by atoms with Gasteiger partial charge in [0.05, 0.1) is 6.20 Å². The van der Waals surface area contributed by atoms with Gasteiger partial charge in [-0.15, -0.1) is 0 Å². The fourth-order valence-electron chi connectivity index (χ4n) is 3.42. The van der Waals surface area contributed by atoms with Crippen LogP contribution in [0.1, 0.15) is 23.5 Å². The van der Waals surface area contributed by atoms with Crippen molar-refractivity contribution in [3.63, 3.8) is 0 Å². The van der Waals surface area contributed by atoms with E-state index >= 15 is 0 Å². The Morgan fingerprint density at radius 3 is 2.92 bits per heavy atom. The fraction of sp³-hybridized carbons (Fsp3) is 0.412. The highest BCUT2D eigenvalue weighted by Crippen LogP contribution is 2.29. The fourth-order valence-corrected chi connectivity index (χ4v) is 4.19. The molecule has 4 heterocycles. The van der Waals surface area contributed by atoms with Gasteiger partial charge in [0.2, 0.25) is 0 Å². The van der Waals surface area contributed by atoms with Gasteiger partial charge < -0.3 is 14.6 Å². The number of hydrogen-bond acceptors (Lipinski definition) is 5. The van der Waals surface area contributed by atoms with Crippen LogP contribution in [0.5, 0.6) is 0 Å². The van der Waals surface area contributed by atoms with Crippen LogP contribution in [-0.4, -0.2) is 41.5 Å². The SMILES string of the molecule is O=C(NC1CN2CCC1CC2)c1ncc(Sc2cccc(F)c2)o1. The second-order valence-electron chi connectivity index (χ2n) is 6.26. The predicted octanol–water partition coefficient (Wildman–Crippen LogP) is 2.79. The van der Waals surface area contributed by atoms with Gasteiger partial charge in [-0.3, -0.25) is 4.79 Å². The molecule has 0 radical (unpaired) electrons. The van der Waals surface area contributed by atoms with Crippen molar-refractivity contribution in [1.82, 2.24) is 15.2 Å².